The van der Waals surface area contributed by atoms with Crippen LogP contribution >= 0.6 is 11.8 Å². The lowest BCUT2D eigenvalue weighted by molar-refractivity contribution is -0.133. The quantitative estimate of drug-likeness (QED) is 0.838. The summed E-state index contributed by atoms with van der Waals surface area (Å²) in [7, 11) is 0. The third-order valence-electron chi connectivity index (χ3n) is 3.78. The van der Waals surface area contributed by atoms with E-state index in [2.05, 4.69) is 21.7 Å². The van der Waals surface area contributed by atoms with Crippen LogP contribution in [0.3, 0.4) is 0 Å². The fourth-order valence-corrected chi connectivity index (χ4v) is 3.42. The number of carboxylic acid groups (broad SMARTS) is 1. The second-order valence-electron chi connectivity index (χ2n) is 5.53. The predicted octanol–water partition coefficient (Wildman–Crippen LogP) is 2.07. The molecule has 6 nitrogen and oxygen atoms in total. The first-order chi connectivity index (χ1) is 9.65. The maximum absolute atomic E-state index is 10.8. The van der Waals surface area contributed by atoms with Gasteiger partial charge in [-0.2, -0.15) is 0 Å². The maximum Gasteiger partial charge on any atom is 0.313 e. The molecule has 2 fully saturated rings. The van der Waals surface area contributed by atoms with Crippen molar-refractivity contribution < 1.29 is 14.6 Å². The van der Waals surface area contributed by atoms with Crippen LogP contribution in [0.2, 0.25) is 0 Å². The number of carbonyl (C=O) groups is 1. The zero-order valence-corrected chi connectivity index (χ0v) is 12.3. The van der Waals surface area contributed by atoms with E-state index >= 15 is 0 Å². The SMILES string of the molecule is CC1CC(n2c(SCC(=O)O)nnc2C2CC2)CCO1. The Bertz CT molecular complexity index is 501. The number of carboxylic acids is 1. The van der Waals surface area contributed by atoms with Crippen molar-refractivity contribution in [3.05, 3.63) is 5.82 Å². The van der Waals surface area contributed by atoms with E-state index in [0.29, 0.717) is 12.0 Å². The van der Waals surface area contributed by atoms with Crippen LogP contribution in [0, 0.1) is 0 Å². The van der Waals surface area contributed by atoms with Gasteiger partial charge in [-0.3, -0.25) is 4.79 Å². The van der Waals surface area contributed by atoms with Gasteiger partial charge in [-0.1, -0.05) is 11.8 Å². The number of aromatic nitrogens is 3. The summed E-state index contributed by atoms with van der Waals surface area (Å²) in [6, 6.07) is 0.334. The molecular weight excluding hydrogens is 278 g/mol. The number of hydrogen-bond donors (Lipinski definition) is 1. The number of nitrogens with zero attached hydrogens (tertiary/aromatic N) is 3. The van der Waals surface area contributed by atoms with E-state index in [-0.39, 0.29) is 11.9 Å². The fraction of sp³-hybridized carbons (Fsp3) is 0.769. The van der Waals surface area contributed by atoms with Gasteiger partial charge in [0.25, 0.3) is 0 Å². The van der Waals surface area contributed by atoms with Gasteiger partial charge in [0, 0.05) is 18.6 Å². The molecule has 2 heterocycles. The Kier molecular flexibility index (Phi) is 3.98. The largest absolute Gasteiger partial charge is 0.481 e. The molecule has 0 bridgehead atoms. The van der Waals surface area contributed by atoms with Gasteiger partial charge in [0.1, 0.15) is 5.82 Å². The summed E-state index contributed by atoms with van der Waals surface area (Å²) in [6.07, 6.45) is 4.46. The zero-order chi connectivity index (χ0) is 14.1. The van der Waals surface area contributed by atoms with Gasteiger partial charge in [-0.15, -0.1) is 10.2 Å². The summed E-state index contributed by atoms with van der Waals surface area (Å²) in [5, 5.41) is 18.1. The van der Waals surface area contributed by atoms with Crippen LogP contribution in [0.25, 0.3) is 0 Å². The van der Waals surface area contributed by atoms with Gasteiger partial charge >= 0.3 is 5.97 Å². The molecule has 20 heavy (non-hydrogen) atoms. The molecule has 0 spiro atoms. The Balaban J connectivity index is 1.84. The number of aliphatic carboxylic acids is 1. The number of hydrogen-bond acceptors (Lipinski definition) is 5. The number of ether oxygens (including phenoxy) is 1. The van der Waals surface area contributed by atoms with Gasteiger partial charge < -0.3 is 14.4 Å². The Labute approximate surface area is 121 Å². The van der Waals surface area contributed by atoms with Crippen LogP contribution in [0.15, 0.2) is 5.16 Å². The molecule has 0 aromatic carbocycles. The Morgan fingerprint density at radius 3 is 2.90 bits per heavy atom. The van der Waals surface area contributed by atoms with E-state index in [1.807, 2.05) is 0 Å². The molecule has 1 aliphatic carbocycles. The van der Waals surface area contributed by atoms with E-state index < -0.39 is 5.97 Å². The summed E-state index contributed by atoms with van der Waals surface area (Å²) in [5.74, 6) is 0.761. The lowest BCUT2D eigenvalue weighted by Crippen LogP contribution is -2.27. The molecule has 2 aliphatic rings. The average Bonchev–Trinajstić information content (AvgIpc) is 3.16. The Morgan fingerprint density at radius 2 is 2.25 bits per heavy atom. The van der Waals surface area contributed by atoms with Crippen molar-refractivity contribution in [2.24, 2.45) is 0 Å². The van der Waals surface area contributed by atoms with Crippen molar-refractivity contribution in [1.29, 1.82) is 0 Å². The lowest BCUT2D eigenvalue weighted by atomic mass is 10.0. The Morgan fingerprint density at radius 1 is 1.45 bits per heavy atom. The highest BCUT2D eigenvalue weighted by Crippen LogP contribution is 2.42. The molecule has 1 aromatic rings. The lowest BCUT2D eigenvalue weighted by Gasteiger charge is -2.29. The molecule has 110 valence electrons. The number of thioether (sulfide) groups is 1. The maximum atomic E-state index is 10.8. The first kappa shape index (κ1) is 13.9. The van der Waals surface area contributed by atoms with Gasteiger partial charge in [-0.05, 0) is 32.6 Å². The average molecular weight is 297 g/mol. The van der Waals surface area contributed by atoms with Gasteiger partial charge in [0.05, 0.1) is 11.9 Å². The molecule has 1 N–H and O–H groups in total. The van der Waals surface area contributed by atoms with Crippen molar-refractivity contribution in [2.45, 2.75) is 55.8 Å². The predicted molar refractivity (Wildman–Crippen MR) is 74.0 cm³/mol. The number of rotatable bonds is 5. The van der Waals surface area contributed by atoms with Crippen LogP contribution in [-0.2, 0) is 9.53 Å². The van der Waals surface area contributed by atoms with Crippen molar-refractivity contribution >= 4 is 17.7 Å². The fourth-order valence-electron chi connectivity index (χ4n) is 2.68. The second kappa shape index (κ2) is 5.73. The van der Waals surface area contributed by atoms with Crippen molar-refractivity contribution in [2.75, 3.05) is 12.4 Å². The molecular formula is C13H19N3O3S. The molecule has 1 aliphatic heterocycles. The molecule has 2 atom stereocenters. The van der Waals surface area contributed by atoms with Crippen LogP contribution in [0.4, 0.5) is 0 Å². The highest BCUT2D eigenvalue weighted by Gasteiger charge is 2.34. The van der Waals surface area contributed by atoms with E-state index in [1.54, 1.807) is 0 Å². The topological polar surface area (TPSA) is 77.2 Å². The minimum Gasteiger partial charge on any atom is -0.481 e. The van der Waals surface area contributed by atoms with Crippen molar-refractivity contribution in [3.63, 3.8) is 0 Å². The van der Waals surface area contributed by atoms with Crippen LogP contribution < -0.4 is 0 Å². The molecule has 2 unspecified atom stereocenters. The van der Waals surface area contributed by atoms with E-state index in [0.717, 1.165) is 30.4 Å². The van der Waals surface area contributed by atoms with E-state index in [1.165, 1.54) is 24.6 Å². The van der Waals surface area contributed by atoms with E-state index in [9.17, 15) is 4.79 Å². The van der Waals surface area contributed by atoms with Crippen molar-refractivity contribution in [3.8, 4) is 0 Å². The minimum atomic E-state index is -0.821. The summed E-state index contributed by atoms with van der Waals surface area (Å²) in [6.45, 7) is 2.83. The van der Waals surface area contributed by atoms with Crippen LogP contribution in [-0.4, -0.2) is 44.3 Å². The molecule has 0 amide bonds. The first-order valence-electron chi connectivity index (χ1n) is 7.06. The first-order valence-corrected chi connectivity index (χ1v) is 8.04. The summed E-state index contributed by atoms with van der Waals surface area (Å²) in [5.41, 5.74) is 0. The minimum absolute atomic E-state index is 0.0293. The van der Waals surface area contributed by atoms with Crippen molar-refractivity contribution in [1.82, 2.24) is 14.8 Å². The van der Waals surface area contributed by atoms with Gasteiger partial charge in [0.15, 0.2) is 5.16 Å². The highest BCUT2D eigenvalue weighted by molar-refractivity contribution is 7.99. The monoisotopic (exact) mass is 297 g/mol. The normalized spacial score (nSPS) is 26.6. The third kappa shape index (κ3) is 2.98. The molecule has 0 radical (unpaired) electrons. The standard InChI is InChI=1S/C13H19N3O3S/c1-8-6-10(4-5-19-8)16-12(9-2-3-9)14-15-13(16)20-7-11(17)18/h8-10H,2-7H2,1H3,(H,17,18). The smallest absolute Gasteiger partial charge is 0.313 e. The summed E-state index contributed by atoms with van der Waals surface area (Å²) in [4.78, 5) is 10.8. The zero-order valence-electron chi connectivity index (χ0n) is 11.5. The molecule has 1 saturated heterocycles. The van der Waals surface area contributed by atoms with Crippen LogP contribution in [0.5, 0.6) is 0 Å². The van der Waals surface area contributed by atoms with E-state index in [4.69, 9.17) is 9.84 Å². The molecule has 3 rings (SSSR count). The summed E-state index contributed by atoms with van der Waals surface area (Å²) >= 11 is 1.27. The molecule has 7 heteroatoms. The van der Waals surface area contributed by atoms with Gasteiger partial charge in [-0.25, -0.2) is 0 Å². The van der Waals surface area contributed by atoms with Crippen LogP contribution in [0.1, 0.15) is 50.4 Å². The Hall–Kier alpha value is -1.08. The second-order valence-corrected chi connectivity index (χ2v) is 6.47. The molecule has 1 saturated carbocycles. The molecule has 1 aromatic heterocycles. The summed E-state index contributed by atoms with van der Waals surface area (Å²) < 4.78 is 7.79. The third-order valence-corrected chi connectivity index (χ3v) is 4.71. The highest BCUT2D eigenvalue weighted by atomic mass is 32.2. The van der Waals surface area contributed by atoms with Gasteiger partial charge in [0.2, 0.25) is 0 Å².